The van der Waals surface area contributed by atoms with Crippen LogP contribution in [0.25, 0.3) is 0 Å². The van der Waals surface area contributed by atoms with E-state index in [2.05, 4.69) is 49.1 Å². The van der Waals surface area contributed by atoms with Crippen molar-refractivity contribution in [3.8, 4) is 0 Å². The second-order valence-corrected chi connectivity index (χ2v) is 8.37. The molecule has 0 aromatic heterocycles. The van der Waals surface area contributed by atoms with Crippen molar-refractivity contribution in [1.82, 2.24) is 9.80 Å². The number of nitrogens with zero attached hydrogens (tertiary/aromatic N) is 2. The van der Waals surface area contributed by atoms with Gasteiger partial charge in [-0.25, -0.2) is 0 Å². The van der Waals surface area contributed by atoms with Crippen molar-refractivity contribution >= 4 is 30.7 Å². The molecule has 0 spiro atoms. The molecular weight excluding hydrogens is 381 g/mol. The normalized spacial score (nSPS) is 24.8. The lowest BCUT2D eigenvalue weighted by molar-refractivity contribution is -0.136. The van der Waals surface area contributed by atoms with E-state index in [0.717, 1.165) is 44.9 Å². The summed E-state index contributed by atoms with van der Waals surface area (Å²) in [4.78, 5) is 17.3. The molecule has 1 aromatic carbocycles. The molecule has 2 aliphatic rings. The molecule has 0 aliphatic carbocycles. The summed E-state index contributed by atoms with van der Waals surface area (Å²) < 4.78 is 0. The van der Waals surface area contributed by atoms with E-state index in [1.807, 2.05) is 4.90 Å². The number of piperidine rings is 1. The van der Waals surface area contributed by atoms with Crippen molar-refractivity contribution in [2.45, 2.75) is 45.6 Å². The van der Waals surface area contributed by atoms with Gasteiger partial charge in [0, 0.05) is 13.1 Å². The summed E-state index contributed by atoms with van der Waals surface area (Å²) in [5.74, 6) is 1.03. The van der Waals surface area contributed by atoms with Crippen LogP contribution in [0.2, 0.25) is 0 Å². The van der Waals surface area contributed by atoms with Crippen LogP contribution < -0.4 is 5.73 Å². The lowest BCUT2D eigenvalue weighted by Crippen LogP contribution is -2.49. The quantitative estimate of drug-likeness (QED) is 0.801. The summed E-state index contributed by atoms with van der Waals surface area (Å²) in [5, 5.41) is 0. The van der Waals surface area contributed by atoms with Crippen molar-refractivity contribution in [2.24, 2.45) is 17.1 Å². The van der Waals surface area contributed by atoms with Crippen molar-refractivity contribution < 1.29 is 4.79 Å². The van der Waals surface area contributed by atoms with Crippen LogP contribution >= 0.6 is 24.8 Å². The number of carbonyl (C=O) groups excluding carboxylic acids is 1. The van der Waals surface area contributed by atoms with Crippen LogP contribution in [-0.4, -0.2) is 54.5 Å². The highest BCUT2D eigenvalue weighted by Gasteiger charge is 2.37. The summed E-state index contributed by atoms with van der Waals surface area (Å²) in [6.45, 7) is 8.69. The monoisotopic (exact) mass is 415 g/mol. The number of amides is 1. The van der Waals surface area contributed by atoms with Crippen LogP contribution in [-0.2, 0) is 11.2 Å². The first-order valence-electron chi connectivity index (χ1n) is 9.77. The molecule has 3 rings (SSSR count). The average molecular weight is 416 g/mol. The number of carbonyl (C=O) groups is 1. The first-order chi connectivity index (χ1) is 12.0. The van der Waals surface area contributed by atoms with E-state index in [9.17, 15) is 4.79 Å². The fourth-order valence-corrected chi connectivity index (χ4v) is 4.29. The van der Waals surface area contributed by atoms with E-state index < -0.39 is 0 Å². The molecule has 2 aliphatic heterocycles. The Morgan fingerprint density at radius 1 is 1.19 bits per heavy atom. The maximum Gasteiger partial charge on any atom is 0.239 e. The number of halogens is 2. The maximum atomic E-state index is 12.9. The molecule has 4 nitrogen and oxygen atoms in total. The number of hydrogen-bond donors (Lipinski definition) is 1. The average Bonchev–Trinajstić information content (AvgIpc) is 3.05. The number of nitrogens with two attached hydrogens (primary N) is 1. The molecule has 154 valence electrons. The Labute approximate surface area is 176 Å². The molecule has 0 radical (unpaired) electrons. The van der Waals surface area contributed by atoms with E-state index in [1.54, 1.807) is 0 Å². The summed E-state index contributed by atoms with van der Waals surface area (Å²) in [6, 6.07) is 10.8. The van der Waals surface area contributed by atoms with Crippen LogP contribution in [0.3, 0.4) is 0 Å². The first kappa shape index (κ1) is 24.2. The van der Waals surface area contributed by atoms with Gasteiger partial charge in [-0.1, -0.05) is 37.3 Å². The predicted molar refractivity (Wildman–Crippen MR) is 117 cm³/mol. The summed E-state index contributed by atoms with van der Waals surface area (Å²) in [5.41, 5.74) is 7.42. The molecule has 2 saturated heterocycles. The molecule has 2 atom stereocenters. The zero-order valence-electron chi connectivity index (χ0n) is 16.6. The molecule has 1 amide bonds. The van der Waals surface area contributed by atoms with Gasteiger partial charge in [0.25, 0.3) is 0 Å². The van der Waals surface area contributed by atoms with Gasteiger partial charge in [0.15, 0.2) is 0 Å². The predicted octanol–water partition coefficient (Wildman–Crippen LogP) is 3.37. The minimum Gasteiger partial charge on any atom is -0.341 e. The Balaban J connectivity index is 0.00000182. The van der Waals surface area contributed by atoms with Gasteiger partial charge in [-0.3, -0.25) is 9.69 Å². The number of rotatable bonds is 5. The van der Waals surface area contributed by atoms with Gasteiger partial charge in [-0.15, -0.1) is 24.8 Å². The zero-order valence-corrected chi connectivity index (χ0v) is 18.2. The Bertz CT molecular complexity index is 578. The highest BCUT2D eigenvalue weighted by atomic mass is 35.5. The SMILES string of the molecule is CC(C(=O)N1CCC(C)(CN)C1)N1CCC(Cc2ccccc2)CC1.Cl.Cl. The molecule has 1 aromatic rings. The molecular formula is C21H35Cl2N3O. The Kier molecular flexibility index (Phi) is 9.56. The van der Waals surface area contributed by atoms with Gasteiger partial charge in [0.1, 0.15) is 0 Å². The van der Waals surface area contributed by atoms with E-state index in [1.165, 1.54) is 18.4 Å². The van der Waals surface area contributed by atoms with Crippen molar-refractivity contribution in [1.29, 1.82) is 0 Å². The molecule has 0 bridgehead atoms. The highest BCUT2D eigenvalue weighted by molar-refractivity contribution is 5.85. The molecule has 27 heavy (non-hydrogen) atoms. The van der Waals surface area contributed by atoms with Gasteiger partial charge < -0.3 is 10.6 Å². The van der Waals surface area contributed by atoms with Crippen molar-refractivity contribution in [3.05, 3.63) is 35.9 Å². The van der Waals surface area contributed by atoms with Crippen LogP contribution in [0.1, 0.15) is 38.7 Å². The third kappa shape index (κ3) is 6.08. The summed E-state index contributed by atoms with van der Waals surface area (Å²) in [7, 11) is 0. The largest absolute Gasteiger partial charge is 0.341 e. The van der Waals surface area contributed by atoms with Crippen molar-refractivity contribution in [3.63, 3.8) is 0 Å². The second kappa shape index (κ2) is 10.7. The van der Waals surface area contributed by atoms with Crippen LogP contribution in [0.5, 0.6) is 0 Å². The molecule has 2 fully saturated rings. The fraction of sp³-hybridized carbons (Fsp3) is 0.667. The van der Waals surface area contributed by atoms with Gasteiger partial charge >= 0.3 is 0 Å². The lowest BCUT2D eigenvalue weighted by Gasteiger charge is -2.37. The Morgan fingerprint density at radius 2 is 1.81 bits per heavy atom. The topological polar surface area (TPSA) is 49.6 Å². The number of benzene rings is 1. The summed E-state index contributed by atoms with van der Waals surface area (Å²) in [6.07, 6.45) is 4.57. The van der Waals surface area contributed by atoms with E-state index >= 15 is 0 Å². The number of likely N-dealkylation sites (tertiary alicyclic amines) is 2. The van der Waals surface area contributed by atoms with Crippen LogP contribution in [0.15, 0.2) is 30.3 Å². The van der Waals surface area contributed by atoms with Crippen LogP contribution in [0.4, 0.5) is 0 Å². The minimum atomic E-state index is -0.00204. The van der Waals surface area contributed by atoms with Gasteiger partial charge in [0.05, 0.1) is 6.04 Å². The van der Waals surface area contributed by atoms with E-state index in [0.29, 0.717) is 12.5 Å². The molecule has 2 heterocycles. The second-order valence-electron chi connectivity index (χ2n) is 8.37. The Hall–Kier alpha value is -0.810. The first-order valence-corrected chi connectivity index (χ1v) is 9.77. The highest BCUT2D eigenvalue weighted by Crippen LogP contribution is 2.30. The van der Waals surface area contributed by atoms with Crippen LogP contribution in [0, 0.1) is 11.3 Å². The molecule has 6 heteroatoms. The van der Waals surface area contributed by atoms with E-state index in [4.69, 9.17) is 5.73 Å². The summed E-state index contributed by atoms with van der Waals surface area (Å²) >= 11 is 0. The number of hydrogen-bond acceptors (Lipinski definition) is 3. The van der Waals surface area contributed by atoms with Gasteiger partial charge in [0.2, 0.25) is 5.91 Å². The van der Waals surface area contributed by atoms with Gasteiger partial charge in [-0.2, -0.15) is 0 Å². The smallest absolute Gasteiger partial charge is 0.239 e. The van der Waals surface area contributed by atoms with E-state index in [-0.39, 0.29) is 36.3 Å². The third-order valence-electron chi connectivity index (χ3n) is 6.28. The Morgan fingerprint density at radius 3 is 2.37 bits per heavy atom. The third-order valence-corrected chi connectivity index (χ3v) is 6.28. The standard InChI is InChI=1S/C21H33N3O.2ClH/c1-17(20(25)24-13-10-21(2,15-22)16-24)23-11-8-19(9-12-23)14-18-6-4-3-5-7-18;;/h3-7,17,19H,8-16,22H2,1-2H3;2*1H. The lowest BCUT2D eigenvalue weighted by atomic mass is 9.89. The van der Waals surface area contributed by atoms with Crippen molar-refractivity contribution in [2.75, 3.05) is 32.7 Å². The van der Waals surface area contributed by atoms with Gasteiger partial charge in [-0.05, 0) is 69.1 Å². The fourth-order valence-electron chi connectivity index (χ4n) is 4.29. The molecule has 2 unspecified atom stereocenters. The zero-order chi connectivity index (χ0) is 17.9. The molecule has 2 N–H and O–H groups in total. The maximum absolute atomic E-state index is 12.9. The minimum absolute atomic E-state index is 0. The molecule has 0 saturated carbocycles.